The first-order valence-electron chi connectivity index (χ1n) is 13.0. The molecule has 1 aliphatic heterocycles. The van der Waals surface area contributed by atoms with Crippen LogP contribution in [0.2, 0.25) is 0 Å². The standard InChI is InChI=1S/C31H31NO7/c33-26-16-17-31(32(34)35)28(18-26)39-27(22-36-19-23-10-4-1-5-11-23)29(37-20-24-12-6-2-7-13-24)30(31)38-21-25-14-8-3-9-15-25/h1-17,27-30H,18-22H2/t27-,28?,29+,30+,31?/m1/s1. The van der Waals surface area contributed by atoms with Crippen LogP contribution in [-0.2, 0) is 43.6 Å². The first-order valence-corrected chi connectivity index (χ1v) is 13.0. The van der Waals surface area contributed by atoms with E-state index >= 15 is 0 Å². The molecule has 2 aliphatic rings. The Hall–Kier alpha value is -3.69. The average Bonchev–Trinajstić information content (AvgIpc) is 2.96. The zero-order valence-corrected chi connectivity index (χ0v) is 21.5. The summed E-state index contributed by atoms with van der Waals surface area (Å²) in [6, 6.07) is 28.8. The predicted molar refractivity (Wildman–Crippen MR) is 143 cm³/mol. The van der Waals surface area contributed by atoms with Gasteiger partial charge in [0.1, 0.15) is 18.3 Å². The Bertz CT molecular complexity index is 1270. The molecule has 0 aromatic heterocycles. The third kappa shape index (κ3) is 6.15. The van der Waals surface area contributed by atoms with Crippen molar-refractivity contribution in [1.29, 1.82) is 0 Å². The normalized spacial score (nSPS) is 26.2. The van der Waals surface area contributed by atoms with Gasteiger partial charge in [0.25, 0.3) is 5.54 Å². The van der Waals surface area contributed by atoms with E-state index in [0.29, 0.717) is 6.61 Å². The lowest BCUT2D eigenvalue weighted by molar-refractivity contribution is -0.595. The second-order valence-corrected chi connectivity index (χ2v) is 9.79. The quantitative estimate of drug-likeness (QED) is 0.263. The Kier molecular flexibility index (Phi) is 8.58. The molecule has 5 atom stereocenters. The van der Waals surface area contributed by atoms with Crippen molar-refractivity contribution in [3.05, 3.63) is 130 Å². The maximum absolute atomic E-state index is 12.8. The van der Waals surface area contributed by atoms with Crippen LogP contribution in [0.25, 0.3) is 0 Å². The van der Waals surface area contributed by atoms with E-state index in [1.807, 2.05) is 91.0 Å². The van der Waals surface area contributed by atoms with Crippen molar-refractivity contribution in [3.63, 3.8) is 0 Å². The minimum Gasteiger partial charge on any atom is -0.374 e. The highest BCUT2D eigenvalue weighted by atomic mass is 16.7. The molecule has 5 rings (SSSR count). The van der Waals surface area contributed by atoms with E-state index in [9.17, 15) is 14.9 Å². The van der Waals surface area contributed by atoms with E-state index in [-0.39, 0.29) is 32.0 Å². The molecule has 1 saturated heterocycles. The zero-order valence-electron chi connectivity index (χ0n) is 21.5. The Morgan fingerprint density at radius 1 is 0.821 bits per heavy atom. The Morgan fingerprint density at radius 3 is 1.92 bits per heavy atom. The molecule has 0 saturated carbocycles. The molecule has 0 amide bonds. The molecule has 8 heteroatoms. The van der Waals surface area contributed by atoms with Crippen molar-refractivity contribution in [2.75, 3.05) is 6.61 Å². The highest BCUT2D eigenvalue weighted by Crippen LogP contribution is 2.41. The summed E-state index contributed by atoms with van der Waals surface area (Å²) >= 11 is 0. The van der Waals surface area contributed by atoms with E-state index in [2.05, 4.69) is 0 Å². The fourth-order valence-electron chi connectivity index (χ4n) is 5.16. The van der Waals surface area contributed by atoms with Crippen LogP contribution < -0.4 is 0 Å². The van der Waals surface area contributed by atoms with Gasteiger partial charge < -0.3 is 18.9 Å². The van der Waals surface area contributed by atoms with Gasteiger partial charge in [0.15, 0.2) is 11.9 Å². The van der Waals surface area contributed by atoms with Crippen LogP contribution in [0.15, 0.2) is 103 Å². The van der Waals surface area contributed by atoms with E-state index in [4.69, 9.17) is 18.9 Å². The van der Waals surface area contributed by atoms with Gasteiger partial charge in [-0.2, -0.15) is 0 Å². The highest BCUT2D eigenvalue weighted by molar-refractivity contribution is 5.91. The maximum atomic E-state index is 12.8. The summed E-state index contributed by atoms with van der Waals surface area (Å²) in [6.45, 7) is 0.794. The molecule has 1 fully saturated rings. The van der Waals surface area contributed by atoms with Gasteiger partial charge in [-0.15, -0.1) is 0 Å². The van der Waals surface area contributed by atoms with Crippen LogP contribution in [0.5, 0.6) is 0 Å². The third-order valence-electron chi connectivity index (χ3n) is 7.17. The number of carbonyl (C=O) groups is 1. The van der Waals surface area contributed by atoms with E-state index in [1.54, 1.807) is 0 Å². The number of hydrogen-bond acceptors (Lipinski definition) is 7. The summed E-state index contributed by atoms with van der Waals surface area (Å²) in [4.78, 5) is 24.7. The van der Waals surface area contributed by atoms with Crippen molar-refractivity contribution in [2.24, 2.45) is 0 Å². The van der Waals surface area contributed by atoms with E-state index in [0.717, 1.165) is 16.7 Å². The van der Waals surface area contributed by atoms with Crippen molar-refractivity contribution in [1.82, 2.24) is 0 Å². The fraction of sp³-hybridized carbons (Fsp3) is 0.323. The van der Waals surface area contributed by atoms with E-state index < -0.39 is 34.9 Å². The number of allylic oxidation sites excluding steroid dienone is 1. The highest BCUT2D eigenvalue weighted by Gasteiger charge is 2.66. The van der Waals surface area contributed by atoms with Crippen LogP contribution in [0.1, 0.15) is 23.1 Å². The summed E-state index contributed by atoms with van der Waals surface area (Å²) in [6.07, 6.45) is -1.12. The summed E-state index contributed by atoms with van der Waals surface area (Å²) in [5, 5.41) is 12.8. The average molecular weight is 530 g/mol. The molecule has 3 aromatic rings. The minimum atomic E-state index is -1.79. The molecule has 202 valence electrons. The van der Waals surface area contributed by atoms with Crippen molar-refractivity contribution < 1.29 is 28.7 Å². The molecule has 39 heavy (non-hydrogen) atoms. The van der Waals surface area contributed by atoms with Gasteiger partial charge in [0.2, 0.25) is 0 Å². The smallest absolute Gasteiger partial charge is 0.295 e. The summed E-state index contributed by atoms with van der Waals surface area (Å²) < 4.78 is 25.1. The SMILES string of the molecule is O=C1C=CC2([N+](=O)[O-])C(C1)O[C@H](COCc1ccccc1)[C@H](OCc1ccccc1)[C@@H]2OCc1ccccc1. The molecular formula is C31H31NO7. The van der Waals surface area contributed by atoms with Gasteiger partial charge in [-0.3, -0.25) is 14.9 Å². The molecule has 1 aliphatic carbocycles. The summed E-state index contributed by atoms with van der Waals surface area (Å²) in [7, 11) is 0. The van der Waals surface area contributed by atoms with Gasteiger partial charge in [0, 0.05) is 17.4 Å². The number of hydrogen-bond donors (Lipinski definition) is 0. The molecule has 8 nitrogen and oxygen atoms in total. The monoisotopic (exact) mass is 529 g/mol. The first kappa shape index (κ1) is 26.9. The number of fused-ring (bicyclic) bond motifs is 1. The van der Waals surface area contributed by atoms with Crippen molar-refractivity contribution in [2.45, 2.75) is 56.2 Å². The number of rotatable bonds is 11. The van der Waals surface area contributed by atoms with Crippen LogP contribution in [-0.4, -0.2) is 47.3 Å². The fourth-order valence-corrected chi connectivity index (χ4v) is 5.16. The molecule has 0 bridgehead atoms. The lowest BCUT2D eigenvalue weighted by atomic mass is 9.74. The van der Waals surface area contributed by atoms with Gasteiger partial charge >= 0.3 is 0 Å². The van der Waals surface area contributed by atoms with Gasteiger partial charge in [-0.25, -0.2) is 0 Å². The first-order chi connectivity index (χ1) is 19.1. The largest absolute Gasteiger partial charge is 0.374 e. The number of nitro groups is 1. The lowest BCUT2D eigenvalue weighted by Gasteiger charge is -2.48. The molecule has 1 heterocycles. The minimum absolute atomic E-state index is 0.113. The molecule has 0 radical (unpaired) electrons. The summed E-state index contributed by atoms with van der Waals surface area (Å²) in [5.41, 5.74) is 0.978. The molecule has 0 N–H and O–H groups in total. The van der Waals surface area contributed by atoms with E-state index in [1.165, 1.54) is 12.2 Å². The van der Waals surface area contributed by atoms with Gasteiger partial charge in [-0.05, 0) is 22.8 Å². The number of nitrogens with zero attached hydrogens (tertiary/aromatic N) is 1. The van der Waals surface area contributed by atoms with Crippen LogP contribution in [0.4, 0.5) is 0 Å². The summed E-state index contributed by atoms with van der Waals surface area (Å²) in [5.74, 6) is -0.230. The van der Waals surface area contributed by atoms with Gasteiger partial charge in [0.05, 0.1) is 26.4 Å². The Balaban J connectivity index is 1.46. The third-order valence-corrected chi connectivity index (χ3v) is 7.17. The topological polar surface area (TPSA) is 97.1 Å². The van der Waals surface area contributed by atoms with Crippen molar-refractivity contribution >= 4 is 5.78 Å². The molecular weight excluding hydrogens is 498 g/mol. The van der Waals surface area contributed by atoms with Gasteiger partial charge in [-0.1, -0.05) is 91.0 Å². The second kappa shape index (κ2) is 12.4. The Labute approximate surface area is 227 Å². The molecule has 2 unspecified atom stereocenters. The number of ether oxygens (including phenoxy) is 4. The predicted octanol–water partition coefficient (Wildman–Crippen LogP) is 4.69. The maximum Gasteiger partial charge on any atom is 0.295 e. The van der Waals surface area contributed by atoms with Crippen LogP contribution in [0.3, 0.4) is 0 Å². The van der Waals surface area contributed by atoms with Crippen LogP contribution in [0, 0.1) is 10.1 Å². The zero-order chi connectivity index (χ0) is 27.1. The molecule has 3 aromatic carbocycles. The van der Waals surface area contributed by atoms with Crippen molar-refractivity contribution in [3.8, 4) is 0 Å². The second-order valence-electron chi connectivity index (χ2n) is 9.79. The molecule has 0 spiro atoms. The number of benzene rings is 3. The number of ketones is 1. The number of carbonyl (C=O) groups excluding carboxylic acids is 1. The Morgan fingerprint density at radius 2 is 1.36 bits per heavy atom. The van der Waals surface area contributed by atoms with Crippen LogP contribution >= 0.6 is 0 Å². The lowest BCUT2D eigenvalue weighted by Crippen LogP contribution is -2.71.